The van der Waals surface area contributed by atoms with E-state index < -0.39 is 0 Å². The Bertz CT molecular complexity index is 1270. The molecular formula is C28H36N4O3S. The van der Waals surface area contributed by atoms with Crippen LogP contribution in [0.5, 0.6) is 11.5 Å². The first-order chi connectivity index (χ1) is 17.2. The minimum atomic E-state index is -0.0610. The maximum absolute atomic E-state index is 13.5. The summed E-state index contributed by atoms with van der Waals surface area (Å²) in [7, 11) is 3.16. The number of aryl methyl sites for hydroxylation is 2. The van der Waals surface area contributed by atoms with Gasteiger partial charge in [0.25, 0.3) is 5.91 Å². The lowest BCUT2D eigenvalue weighted by Crippen LogP contribution is -2.49. The van der Waals surface area contributed by atoms with E-state index in [2.05, 4.69) is 25.7 Å². The summed E-state index contributed by atoms with van der Waals surface area (Å²) in [4.78, 5) is 30.0. The first kappa shape index (κ1) is 24.8. The lowest BCUT2D eigenvalue weighted by molar-refractivity contribution is 0.0739. The number of thiophene rings is 1. The summed E-state index contributed by atoms with van der Waals surface area (Å²) in [5, 5.41) is 1.24. The van der Waals surface area contributed by atoms with Crippen LogP contribution in [0.1, 0.15) is 53.8 Å². The van der Waals surface area contributed by atoms with E-state index in [0.717, 1.165) is 42.4 Å². The number of carbonyl (C=O) groups is 1. The Morgan fingerprint density at radius 3 is 2.33 bits per heavy atom. The SMILES string of the molecule is COc1cccc(OC)c1C(=O)N1CCN(c2nc(C)nc3sc4c(c23)CCC(C(C)(C)C)C4)CC1. The van der Waals surface area contributed by atoms with Crippen LogP contribution < -0.4 is 14.4 Å². The predicted molar refractivity (Wildman–Crippen MR) is 145 cm³/mol. The van der Waals surface area contributed by atoms with Gasteiger partial charge in [0, 0.05) is 31.1 Å². The average molecular weight is 509 g/mol. The van der Waals surface area contributed by atoms with Crippen molar-refractivity contribution in [2.75, 3.05) is 45.3 Å². The minimum Gasteiger partial charge on any atom is -0.496 e. The molecule has 0 saturated carbocycles. The van der Waals surface area contributed by atoms with Gasteiger partial charge < -0.3 is 19.3 Å². The maximum Gasteiger partial charge on any atom is 0.261 e. The second kappa shape index (κ2) is 9.54. The third-order valence-electron chi connectivity index (χ3n) is 7.73. The molecule has 1 aromatic carbocycles. The number of hydrogen-bond donors (Lipinski definition) is 0. The molecule has 1 fully saturated rings. The molecule has 0 spiro atoms. The van der Waals surface area contributed by atoms with Crippen molar-refractivity contribution >= 4 is 33.3 Å². The molecular weight excluding hydrogens is 472 g/mol. The van der Waals surface area contributed by atoms with E-state index in [4.69, 9.17) is 19.4 Å². The van der Waals surface area contributed by atoms with Crippen molar-refractivity contribution in [3.05, 3.63) is 40.0 Å². The molecule has 3 aromatic rings. The van der Waals surface area contributed by atoms with Crippen LogP contribution in [0, 0.1) is 18.3 Å². The highest BCUT2D eigenvalue weighted by Crippen LogP contribution is 2.45. The zero-order valence-corrected chi connectivity index (χ0v) is 23.0. The van der Waals surface area contributed by atoms with Crippen LogP contribution >= 0.6 is 11.3 Å². The molecule has 0 radical (unpaired) electrons. The van der Waals surface area contributed by atoms with Gasteiger partial charge in [0.2, 0.25) is 0 Å². The second-order valence-corrected chi connectivity index (χ2v) is 12.0. The number of carbonyl (C=O) groups excluding carboxylic acids is 1. The second-order valence-electron chi connectivity index (χ2n) is 10.9. The standard InChI is InChI=1S/C28H36N4O3S/c1-17-29-25(23-19-11-10-18(28(2,3)4)16-22(19)36-26(23)30-17)31-12-14-32(15-13-31)27(33)24-20(34-5)8-7-9-21(24)35-6/h7-9,18H,10-16H2,1-6H3. The van der Waals surface area contributed by atoms with Crippen LogP contribution in [0.3, 0.4) is 0 Å². The molecule has 7 nitrogen and oxygen atoms in total. The molecule has 0 N–H and O–H groups in total. The van der Waals surface area contributed by atoms with Crippen molar-refractivity contribution in [1.29, 1.82) is 0 Å². The number of rotatable bonds is 4. The normalized spacial score (nSPS) is 18.3. The van der Waals surface area contributed by atoms with Gasteiger partial charge >= 0.3 is 0 Å². The summed E-state index contributed by atoms with van der Waals surface area (Å²) in [5.41, 5.74) is 2.24. The predicted octanol–water partition coefficient (Wildman–Crippen LogP) is 5.13. The topological polar surface area (TPSA) is 67.8 Å². The molecule has 2 aromatic heterocycles. The first-order valence-electron chi connectivity index (χ1n) is 12.7. The van der Waals surface area contributed by atoms with Gasteiger partial charge in [0.05, 0.1) is 19.6 Å². The number of hydrogen-bond acceptors (Lipinski definition) is 7. The Morgan fingerprint density at radius 2 is 1.72 bits per heavy atom. The summed E-state index contributed by atoms with van der Waals surface area (Å²) in [6, 6.07) is 5.44. The number of methoxy groups -OCH3 is 2. The van der Waals surface area contributed by atoms with Crippen molar-refractivity contribution in [3.8, 4) is 11.5 Å². The number of benzene rings is 1. The highest BCUT2D eigenvalue weighted by molar-refractivity contribution is 7.19. The van der Waals surface area contributed by atoms with Crippen molar-refractivity contribution < 1.29 is 14.3 Å². The number of piperazine rings is 1. The number of fused-ring (bicyclic) bond motifs is 3. The molecule has 0 bridgehead atoms. The van der Waals surface area contributed by atoms with Crippen molar-refractivity contribution in [2.45, 2.75) is 47.0 Å². The summed E-state index contributed by atoms with van der Waals surface area (Å²) < 4.78 is 10.9. The number of nitrogens with zero attached hydrogens (tertiary/aromatic N) is 4. The van der Waals surface area contributed by atoms with E-state index in [1.54, 1.807) is 26.4 Å². The van der Waals surface area contributed by atoms with E-state index in [1.807, 2.05) is 29.2 Å². The Labute approximate surface area is 217 Å². The highest BCUT2D eigenvalue weighted by atomic mass is 32.1. The van der Waals surface area contributed by atoms with Gasteiger partial charge in [-0.1, -0.05) is 26.8 Å². The molecule has 1 unspecified atom stereocenters. The van der Waals surface area contributed by atoms with E-state index in [-0.39, 0.29) is 5.91 Å². The molecule has 1 saturated heterocycles. The number of anilines is 1. The van der Waals surface area contributed by atoms with E-state index >= 15 is 0 Å². The average Bonchev–Trinajstić information content (AvgIpc) is 3.24. The highest BCUT2D eigenvalue weighted by Gasteiger charge is 2.33. The molecule has 36 heavy (non-hydrogen) atoms. The smallest absolute Gasteiger partial charge is 0.261 e. The van der Waals surface area contributed by atoms with Crippen molar-refractivity contribution in [3.63, 3.8) is 0 Å². The number of aromatic nitrogens is 2. The fraction of sp³-hybridized carbons (Fsp3) is 0.536. The Morgan fingerprint density at radius 1 is 1.06 bits per heavy atom. The molecule has 8 heteroatoms. The van der Waals surface area contributed by atoms with Gasteiger partial charge in [-0.05, 0) is 55.2 Å². The van der Waals surface area contributed by atoms with E-state index in [1.165, 1.54) is 22.2 Å². The van der Waals surface area contributed by atoms with Crippen LogP contribution in [0.4, 0.5) is 5.82 Å². The molecule has 1 amide bonds. The zero-order valence-electron chi connectivity index (χ0n) is 22.2. The van der Waals surface area contributed by atoms with Gasteiger partial charge in [-0.3, -0.25) is 4.79 Å². The van der Waals surface area contributed by atoms with Crippen molar-refractivity contribution in [2.24, 2.45) is 11.3 Å². The molecule has 2 aliphatic rings. The lowest BCUT2D eigenvalue weighted by Gasteiger charge is -2.36. The fourth-order valence-electron chi connectivity index (χ4n) is 5.57. The first-order valence-corrected chi connectivity index (χ1v) is 13.6. The van der Waals surface area contributed by atoms with Gasteiger partial charge in [0.15, 0.2) is 0 Å². The molecule has 192 valence electrons. The molecule has 1 aliphatic carbocycles. The maximum atomic E-state index is 13.5. The van der Waals surface area contributed by atoms with Gasteiger partial charge in [-0.25, -0.2) is 9.97 Å². The Hall–Kier alpha value is -2.87. The van der Waals surface area contributed by atoms with E-state index in [0.29, 0.717) is 41.5 Å². The third-order valence-corrected chi connectivity index (χ3v) is 8.88. The van der Waals surface area contributed by atoms with Crippen LogP contribution in [0.15, 0.2) is 18.2 Å². The van der Waals surface area contributed by atoms with Crippen LogP contribution in [0.2, 0.25) is 0 Å². The Balaban J connectivity index is 1.40. The third kappa shape index (κ3) is 4.40. The van der Waals surface area contributed by atoms with Crippen LogP contribution in [-0.4, -0.2) is 61.2 Å². The molecule has 3 heterocycles. The zero-order chi connectivity index (χ0) is 25.6. The van der Waals surface area contributed by atoms with Gasteiger partial charge in [-0.2, -0.15) is 0 Å². The van der Waals surface area contributed by atoms with E-state index in [9.17, 15) is 4.79 Å². The quantitative estimate of drug-likeness (QED) is 0.487. The summed E-state index contributed by atoms with van der Waals surface area (Å²) >= 11 is 1.85. The van der Waals surface area contributed by atoms with Gasteiger partial charge in [-0.15, -0.1) is 11.3 Å². The van der Waals surface area contributed by atoms with Crippen LogP contribution in [-0.2, 0) is 12.8 Å². The van der Waals surface area contributed by atoms with Gasteiger partial charge in [0.1, 0.15) is 33.5 Å². The summed E-state index contributed by atoms with van der Waals surface area (Å²) in [6.07, 6.45) is 3.42. The largest absolute Gasteiger partial charge is 0.496 e. The number of ether oxygens (including phenoxy) is 2. The fourth-order valence-corrected chi connectivity index (χ4v) is 6.91. The monoisotopic (exact) mass is 508 g/mol. The summed E-state index contributed by atoms with van der Waals surface area (Å²) in [5.74, 6) is 3.54. The van der Waals surface area contributed by atoms with Crippen molar-refractivity contribution in [1.82, 2.24) is 14.9 Å². The minimum absolute atomic E-state index is 0.0610. The van der Waals surface area contributed by atoms with Crippen LogP contribution in [0.25, 0.3) is 10.2 Å². The molecule has 1 aliphatic heterocycles. The summed E-state index contributed by atoms with van der Waals surface area (Å²) in [6.45, 7) is 11.7. The Kier molecular flexibility index (Phi) is 6.57. The number of amides is 1. The molecule has 1 atom stereocenters. The lowest BCUT2D eigenvalue weighted by atomic mass is 9.72. The molecule has 5 rings (SSSR count).